The van der Waals surface area contributed by atoms with Gasteiger partial charge < -0.3 is 5.11 Å². The molecule has 0 saturated heterocycles. The lowest BCUT2D eigenvalue weighted by Gasteiger charge is -2.15. The fourth-order valence-corrected chi connectivity index (χ4v) is 2.32. The second kappa shape index (κ2) is 5.93. The summed E-state index contributed by atoms with van der Waals surface area (Å²) in [5.74, 6) is -0.0607. The quantitative estimate of drug-likeness (QED) is 0.902. The van der Waals surface area contributed by atoms with E-state index in [9.17, 15) is 9.50 Å². The number of aliphatic hydroxyl groups is 1. The Morgan fingerprint density at radius 2 is 2.05 bits per heavy atom. The van der Waals surface area contributed by atoms with Crippen LogP contribution in [0.5, 0.6) is 0 Å². The Labute approximate surface area is 111 Å². The maximum Gasteiger partial charge on any atom is 0.125 e. The molecule has 102 valence electrons. The molecule has 1 aromatic heterocycles. The molecule has 4 nitrogen and oxygen atoms in total. The molecule has 0 radical (unpaired) electrons. The van der Waals surface area contributed by atoms with E-state index in [2.05, 4.69) is 24.2 Å². The second-order valence-corrected chi connectivity index (χ2v) is 4.48. The zero-order valence-electron chi connectivity index (χ0n) is 11.2. The fraction of sp³-hybridized carbons (Fsp3) is 0.429. The second-order valence-electron chi connectivity index (χ2n) is 4.48. The molecule has 2 aromatic rings. The van der Waals surface area contributed by atoms with Gasteiger partial charge in [-0.25, -0.2) is 9.07 Å². The average Bonchev–Trinajstić information content (AvgIpc) is 2.84. The van der Waals surface area contributed by atoms with Crippen LogP contribution in [0.15, 0.2) is 24.3 Å². The van der Waals surface area contributed by atoms with Gasteiger partial charge in [-0.2, -0.15) is 0 Å². The van der Waals surface area contributed by atoms with Gasteiger partial charge in [0.05, 0.1) is 18.0 Å². The van der Waals surface area contributed by atoms with Crippen molar-refractivity contribution < 1.29 is 9.50 Å². The Balaban J connectivity index is 2.54. The molecule has 0 aliphatic carbocycles. The van der Waals surface area contributed by atoms with E-state index < -0.39 is 0 Å². The van der Waals surface area contributed by atoms with Crippen molar-refractivity contribution >= 4 is 0 Å². The SMILES string of the molecule is CCC(CC)c1c(CO)nnn1-c1cccc(F)c1. The van der Waals surface area contributed by atoms with Gasteiger partial charge in [0.1, 0.15) is 11.5 Å². The third-order valence-electron chi connectivity index (χ3n) is 3.35. The van der Waals surface area contributed by atoms with Gasteiger partial charge in [0.25, 0.3) is 0 Å². The van der Waals surface area contributed by atoms with Gasteiger partial charge in [0.15, 0.2) is 0 Å². The molecular formula is C14H18FN3O. The molecule has 0 saturated carbocycles. The summed E-state index contributed by atoms with van der Waals surface area (Å²) in [6, 6.07) is 6.23. The molecule has 0 spiro atoms. The minimum absolute atomic E-state index is 0.152. The molecule has 0 amide bonds. The number of aliphatic hydroxyl groups excluding tert-OH is 1. The van der Waals surface area contributed by atoms with Gasteiger partial charge in [-0.3, -0.25) is 0 Å². The van der Waals surface area contributed by atoms with E-state index in [0.29, 0.717) is 11.4 Å². The summed E-state index contributed by atoms with van der Waals surface area (Å²) in [7, 11) is 0. The van der Waals surface area contributed by atoms with Crippen molar-refractivity contribution in [3.8, 4) is 5.69 Å². The van der Waals surface area contributed by atoms with E-state index in [1.807, 2.05) is 0 Å². The van der Waals surface area contributed by atoms with Crippen molar-refractivity contribution in [3.63, 3.8) is 0 Å². The predicted octanol–water partition coefficient (Wildman–Crippen LogP) is 2.80. The molecule has 0 aliphatic heterocycles. The number of rotatable bonds is 5. The van der Waals surface area contributed by atoms with Crippen LogP contribution >= 0.6 is 0 Å². The smallest absolute Gasteiger partial charge is 0.125 e. The molecule has 1 heterocycles. The highest BCUT2D eigenvalue weighted by atomic mass is 19.1. The maximum absolute atomic E-state index is 13.3. The van der Waals surface area contributed by atoms with Crippen LogP contribution in [-0.2, 0) is 6.61 Å². The highest BCUT2D eigenvalue weighted by molar-refractivity contribution is 5.35. The van der Waals surface area contributed by atoms with Crippen LogP contribution in [0.1, 0.15) is 44.0 Å². The Kier molecular flexibility index (Phi) is 4.27. The molecule has 1 aromatic carbocycles. The van der Waals surface area contributed by atoms with Crippen molar-refractivity contribution in [2.75, 3.05) is 0 Å². The van der Waals surface area contributed by atoms with Crippen LogP contribution in [0.4, 0.5) is 4.39 Å². The molecule has 19 heavy (non-hydrogen) atoms. The molecule has 0 unspecified atom stereocenters. The summed E-state index contributed by atoms with van der Waals surface area (Å²) in [6.45, 7) is 4.01. The Bertz CT molecular complexity index is 549. The molecule has 2 rings (SSSR count). The van der Waals surface area contributed by atoms with Gasteiger partial charge in [0, 0.05) is 5.92 Å². The number of aromatic nitrogens is 3. The van der Waals surface area contributed by atoms with Crippen molar-refractivity contribution in [1.82, 2.24) is 15.0 Å². The van der Waals surface area contributed by atoms with Crippen LogP contribution in [0.2, 0.25) is 0 Å². The van der Waals surface area contributed by atoms with E-state index in [-0.39, 0.29) is 18.3 Å². The van der Waals surface area contributed by atoms with Crippen molar-refractivity contribution in [2.45, 2.75) is 39.2 Å². The summed E-state index contributed by atoms with van der Waals surface area (Å²) in [5, 5.41) is 17.4. The molecule has 1 N–H and O–H groups in total. The summed E-state index contributed by atoms with van der Waals surface area (Å²) in [6.07, 6.45) is 1.85. The third kappa shape index (κ3) is 2.66. The summed E-state index contributed by atoms with van der Waals surface area (Å²) in [4.78, 5) is 0. The van der Waals surface area contributed by atoms with Gasteiger partial charge in [-0.05, 0) is 31.0 Å². The standard InChI is InChI=1S/C14H18FN3O/c1-3-10(4-2)14-13(9-19)16-17-18(14)12-7-5-6-11(15)8-12/h5-8,10,19H,3-4,9H2,1-2H3. The van der Waals surface area contributed by atoms with Crippen LogP contribution in [0.3, 0.4) is 0 Å². The highest BCUT2D eigenvalue weighted by Gasteiger charge is 2.20. The minimum atomic E-state index is -0.311. The van der Waals surface area contributed by atoms with E-state index in [4.69, 9.17) is 0 Å². The lowest BCUT2D eigenvalue weighted by atomic mass is 9.97. The predicted molar refractivity (Wildman–Crippen MR) is 70.6 cm³/mol. The molecule has 0 fully saturated rings. The largest absolute Gasteiger partial charge is 0.390 e. The van der Waals surface area contributed by atoms with Crippen LogP contribution in [0, 0.1) is 5.82 Å². The molecule has 0 aliphatic rings. The number of halogens is 1. The molecule has 0 atom stereocenters. The number of hydrogen-bond acceptors (Lipinski definition) is 3. The molecular weight excluding hydrogens is 245 g/mol. The van der Waals surface area contributed by atoms with Gasteiger partial charge >= 0.3 is 0 Å². The van der Waals surface area contributed by atoms with Crippen LogP contribution in [-0.4, -0.2) is 20.1 Å². The first kappa shape index (κ1) is 13.7. The van der Waals surface area contributed by atoms with E-state index in [0.717, 1.165) is 18.5 Å². The van der Waals surface area contributed by atoms with E-state index in [1.165, 1.54) is 12.1 Å². The summed E-state index contributed by atoms with van der Waals surface area (Å²) in [5.41, 5.74) is 2.07. The number of nitrogens with zero attached hydrogens (tertiary/aromatic N) is 3. The van der Waals surface area contributed by atoms with Crippen LogP contribution < -0.4 is 0 Å². The van der Waals surface area contributed by atoms with Crippen molar-refractivity contribution in [3.05, 3.63) is 41.5 Å². The first-order chi connectivity index (χ1) is 9.21. The molecule has 0 bridgehead atoms. The zero-order chi connectivity index (χ0) is 13.8. The van der Waals surface area contributed by atoms with Crippen molar-refractivity contribution in [1.29, 1.82) is 0 Å². The normalized spacial score (nSPS) is 11.2. The van der Waals surface area contributed by atoms with Crippen LogP contribution in [0.25, 0.3) is 5.69 Å². The molecule has 5 heteroatoms. The third-order valence-corrected chi connectivity index (χ3v) is 3.35. The lowest BCUT2D eigenvalue weighted by molar-refractivity contribution is 0.274. The maximum atomic E-state index is 13.3. The van der Waals surface area contributed by atoms with E-state index in [1.54, 1.807) is 16.8 Å². The van der Waals surface area contributed by atoms with E-state index >= 15 is 0 Å². The number of benzene rings is 1. The Morgan fingerprint density at radius 1 is 1.32 bits per heavy atom. The Hall–Kier alpha value is -1.75. The topological polar surface area (TPSA) is 50.9 Å². The number of hydrogen-bond donors (Lipinski definition) is 1. The average molecular weight is 263 g/mol. The fourth-order valence-electron chi connectivity index (χ4n) is 2.32. The monoisotopic (exact) mass is 263 g/mol. The minimum Gasteiger partial charge on any atom is -0.390 e. The van der Waals surface area contributed by atoms with Gasteiger partial charge in [0.2, 0.25) is 0 Å². The lowest BCUT2D eigenvalue weighted by Crippen LogP contribution is -2.09. The first-order valence-electron chi connectivity index (χ1n) is 6.52. The Morgan fingerprint density at radius 3 is 2.63 bits per heavy atom. The first-order valence-corrected chi connectivity index (χ1v) is 6.52. The van der Waals surface area contributed by atoms with Gasteiger partial charge in [-0.1, -0.05) is 25.1 Å². The van der Waals surface area contributed by atoms with Crippen molar-refractivity contribution in [2.24, 2.45) is 0 Å². The van der Waals surface area contributed by atoms with Gasteiger partial charge in [-0.15, -0.1) is 5.10 Å². The summed E-state index contributed by atoms with van der Waals surface area (Å²) >= 11 is 0. The highest BCUT2D eigenvalue weighted by Crippen LogP contribution is 2.27. The zero-order valence-corrected chi connectivity index (χ0v) is 11.2. The summed E-state index contributed by atoms with van der Waals surface area (Å²) < 4.78 is 15.0.